The van der Waals surface area contributed by atoms with Gasteiger partial charge in [-0.15, -0.1) is 0 Å². The van der Waals surface area contributed by atoms with E-state index < -0.39 is 11.9 Å². The number of ether oxygens (including phenoxy) is 1. The van der Waals surface area contributed by atoms with Crippen LogP contribution in [-0.2, 0) is 0 Å². The molecule has 1 aliphatic rings. The van der Waals surface area contributed by atoms with Gasteiger partial charge >= 0.3 is 0 Å². The molecule has 2 rings (SSSR count). The molecule has 0 radical (unpaired) electrons. The highest BCUT2D eigenvalue weighted by atomic mass is 79.9. The van der Waals surface area contributed by atoms with Crippen LogP contribution in [0, 0.1) is 5.82 Å². The summed E-state index contributed by atoms with van der Waals surface area (Å²) >= 11 is 3.19. The predicted molar refractivity (Wildman–Crippen MR) is 63.0 cm³/mol. The lowest BCUT2D eigenvalue weighted by Crippen LogP contribution is -2.34. The summed E-state index contributed by atoms with van der Waals surface area (Å²) in [5.74, 6) is -0.179. The molecule has 0 amide bonds. The fraction of sp³-hybridized carbons (Fsp3) is 0.500. The van der Waals surface area contributed by atoms with Crippen molar-refractivity contribution in [2.75, 3.05) is 0 Å². The van der Waals surface area contributed by atoms with Crippen LogP contribution in [0.4, 0.5) is 4.39 Å². The minimum atomic E-state index is -0.475. The van der Waals surface area contributed by atoms with Crippen LogP contribution in [0.15, 0.2) is 22.7 Å². The van der Waals surface area contributed by atoms with Crippen LogP contribution in [0.2, 0.25) is 0 Å². The summed E-state index contributed by atoms with van der Waals surface area (Å²) in [6, 6.07) is 4.68. The first kappa shape index (κ1) is 11.9. The van der Waals surface area contributed by atoms with Crippen molar-refractivity contribution >= 4 is 15.9 Å². The van der Waals surface area contributed by atoms with E-state index in [9.17, 15) is 9.50 Å². The Kier molecular flexibility index (Phi) is 3.82. The molecule has 2 atom stereocenters. The Labute approximate surface area is 103 Å². The van der Waals surface area contributed by atoms with Crippen molar-refractivity contribution in [1.29, 1.82) is 0 Å². The summed E-state index contributed by atoms with van der Waals surface area (Å²) in [5, 5.41) is 9.72. The van der Waals surface area contributed by atoms with E-state index in [1.54, 1.807) is 12.1 Å². The van der Waals surface area contributed by atoms with Crippen molar-refractivity contribution in [2.24, 2.45) is 0 Å². The topological polar surface area (TPSA) is 29.5 Å². The molecule has 2 nitrogen and oxygen atoms in total. The zero-order chi connectivity index (χ0) is 11.5. The number of benzene rings is 1. The zero-order valence-corrected chi connectivity index (χ0v) is 10.4. The molecule has 0 spiro atoms. The van der Waals surface area contributed by atoms with Crippen LogP contribution in [0.1, 0.15) is 25.7 Å². The second-order valence-corrected chi connectivity index (χ2v) is 5.00. The molecule has 4 heteroatoms. The lowest BCUT2D eigenvalue weighted by molar-refractivity contribution is 0.00498. The van der Waals surface area contributed by atoms with Gasteiger partial charge in [-0.25, -0.2) is 4.39 Å². The molecule has 0 aromatic heterocycles. The van der Waals surface area contributed by atoms with E-state index in [1.165, 1.54) is 6.07 Å². The average molecular weight is 289 g/mol. The molecule has 0 bridgehead atoms. The molecular weight excluding hydrogens is 275 g/mol. The van der Waals surface area contributed by atoms with Gasteiger partial charge in [0.05, 0.1) is 6.10 Å². The van der Waals surface area contributed by atoms with E-state index in [0.29, 0.717) is 4.47 Å². The summed E-state index contributed by atoms with van der Waals surface area (Å²) < 4.78 is 19.7. The second kappa shape index (κ2) is 5.15. The summed E-state index contributed by atoms with van der Waals surface area (Å²) in [5.41, 5.74) is 0. The summed E-state index contributed by atoms with van der Waals surface area (Å²) in [6.07, 6.45) is 2.82. The van der Waals surface area contributed by atoms with Crippen molar-refractivity contribution < 1.29 is 14.2 Å². The maximum atomic E-state index is 13.5. The number of aliphatic hydroxyl groups is 1. The summed E-state index contributed by atoms with van der Waals surface area (Å²) in [7, 11) is 0. The Morgan fingerprint density at radius 2 is 2.06 bits per heavy atom. The van der Waals surface area contributed by atoms with Gasteiger partial charge in [0.15, 0.2) is 11.6 Å². The first-order chi connectivity index (χ1) is 7.66. The van der Waals surface area contributed by atoms with E-state index in [-0.39, 0.29) is 11.9 Å². The van der Waals surface area contributed by atoms with Crippen molar-refractivity contribution in [2.45, 2.75) is 37.9 Å². The molecule has 0 saturated heterocycles. The number of aliphatic hydroxyl groups excluding tert-OH is 1. The van der Waals surface area contributed by atoms with Crippen LogP contribution < -0.4 is 4.74 Å². The largest absolute Gasteiger partial charge is 0.485 e. The van der Waals surface area contributed by atoms with Gasteiger partial charge in [0, 0.05) is 4.47 Å². The highest BCUT2D eigenvalue weighted by molar-refractivity contribution is 9.10. The predicted octanol–water partition coefficient (Wildman–Crippen LogP) is 3.27. The van der Waals surface area contributed by atoms with Crippen LogP contribution in [0.5, 0.6) is 5.75 Å². The molecule has 16 heavy (non-hydrogen) atoms. The first-order valence-corrected chi connectivity index (χ1v) is 6.26. The second-order valence-electron chi connectivity index (χ2n) is 4.08. The van der Waals surface area contributed by atoms with Gasteiger partial charge in [0.1, 0.15) is 6.10 Å². The maximum Gasteiger partial charge on any atom is 0.166 e. The van der Waals surface area contributed by atoms with Crippen LogP contribution >= 0.6 is 15.9 Å². The lowest BCUT2D eigenvalue weighted by Gasteiger charge is -2.28. The molecule has 88 valence electrons. The molecule has 1 aromatic carbocycles. The zero-order valence-electron chi connectivity index (χ0n) is 8.83. The van der Waals surface area contributed by atoms with Crippen LogP contribution in [0.3, 0.4) is 0 Å². The molecule has 1 aromatic rings. The fourth-order valence-electron chi connectivity index (χ4n) is 1.95. The Morgan fingerprint density at radius 3 is 2.75 bits per heavy atom. The highest BCUT2D eigenvalue weighted by Crippen LogP contribution is 2.27. The van der Waals surface area contributed by atoms with Gasteiger partial charge in [0.25, 0.3) is 0 Å². The van der Waals surface area contributed by atoms with Crippen molar-refractivity contribution in [3.05, 3.63) is 28.5 Å². The molecule has 1 fully saturated rings. The van der Waals surface area contributed by atoms with Gasteiger partial charge in [-0.3, -0.25) is 0 Å². The average Bonchev–Trinajstić information content (AvgIpc) is 2.25. The van der Waals surface area contributed by atoms with E-state index in [2.05, 4.69) is 15.9 Å². The third kappa shape index (κ3) is 2.74. The van der Waals surface area contributed by atoms with E-state index >= 15 is 0 Å². The van der Waals surface area contributed by atoms with Crippen LogP contribution in [-0.4, -0.2) is 17.3 Å². The van der Waals surface area contributed by atoms with E-state index in [4.69, 9.17) is 4.74 Å². The molecule has 0 heterocycles. The van der Waals surface area contributed by atoms with Gasteiger partial charge in [-0.05, 0) is 37.5 Å². The minimum absolute atomic E-state index is 0.217. The van der Waals surface area contributed by atoms with Crippen LogP contribution in [0.25, 0.3) is 0 Å². The Balaban J connectivity index is 2.07. The normalized spacial score (nSPS) is 25.4. The molecule has 1 N–H and O–H groups in total. The first-order valence-electron chi connectivity index (χ1n) is 5.46. The van der Waals surface area contributed by atoms with Crippen molar-refractivity contribution in [3.8, 4) is 5.75 Å². The minimum Gasteiger partial charge on any atom is -0.485 e. The number of hydrogen-bond donors (Lipinski definition) is 1. The fourth-order valence-corrected chi connectivity index (χ4v) is 2.28. The Morgan fingerprint density at radius 1 is 1.31 bits per heavy atom. The van der Waals surface area contributed by atoms with Gasteiger partial charge in [-0.1, -0.05) is 22.4 Å². The Hall–Kier alpha value is -0.610. The Bertz CT molecular complexity index is 370. The van der Waals surface area contributed by atoms with Crippen molar-refractivity contribution in [3.63, 3.8) is 0 Å². The lowest BCUT2D eigenvalue weighted by atomic mass is 9.95. The smallest absolute Gasteiger partial charge is 0.166 e. The van der Waals surface area contributed by atoms with E-state index in [0.717, 1.165) is 25.7 Å². The maximum absolute atomic E-state index is 13.5. The molecular formula is C12H14BrFO2. The van der Waals surface area contributed by atoms with Gasteiger partial charge in [-0.2, -0.15) is 0 Å². The summed E-state index contributed by atoms with van der Waals surface area (Å²) in [6.45, 7) is 0. The number of hydrogen-bond acceptors (Lipinski definition) is 2. The SMILES string of the molecule is O[C@@H]1CCCC[C@H]1Oc1ccc(Br)cc1F. The third-order valence-electron chi connectivity index (χ3n) is 2.84. The molecule has 0 aliphatic heterocycles. The van der Waals surface area contributed by atoms with Gasteiger partial charge in [0.2, 0.25) is 0 Å². The highest BCUT2D eigenvalue weighted by Gasteiger charge is 2.25. The number of rotatable bonds is 2. The molecule has 0 unspecified atom stereocenters. The van der Waals surface area contributed by atoms with E-state index in [1.807, 2.05) is 0 Å². The summed E-state index contributed by atoms with van der Waals surface area (Å²) in [4.78, 5) is 0. The van der Waals surface area contributed by atoms with Crippen molar-refractivity contribution in [1.82, 2.24) is 0 Å². The third-order valence-corrected chi connectivity index (χ3v) is 3.33. The molecule has 1 aliphatic carbocycles. The molecule has 1 saturated carbocycles. The monoisotopic (exact) mass is 288 g/mol. The number of halogens is 2. The van der Waals surface area contributed by atoms with Gasteiger partial charge < -0.3 is 9.84 Å². The quantitative estimate of drug-likeness (QED) is 0.905. The standard InChI is InChI=1S/C12H14BrFO2/c13-8-5-6-11(9(14)7-8)16-12-4-2-1-3-10(12)15/h5-7,10,12,15H,1-4H2/t10-,12-/m1/s1.